The maximum atomic E-state index is 4.52. The molecule has 86 valence electrons. The molecule has 2 nitrogen and oxygen atoms in total. The molecular weight excluding hydrogens is 208 g/mol. The summed E-state index contributed by atoms with van der Waals surface area (Å²) < 4.78 is 0. The average Bonchev–Trinajstić information content (AvgIpc) is 2.75. The molecule has 1 aliphatic heterocycles. The second kappa shape index (κ2) is 4.21. The summed E-state index contributed by atoms with van der Waals surface area (Å²) in [4.78, 5) is 4.52. The highest BCUT2D eigenvalue weighted by molar-refractivity contribution is 5.92. The van der Waals surface area contributed by atoms with Gasteiger partial charge in [-0.15, -0.1) is 0 Å². The molecule has 0 bridgehead atoms. The van der Waals surface area contributed by atoms with Crippen molar-refractivity contribution >= 4 is 16.6 Å². The van der Waals surface area contributed by atoms with Crippen molar-refractivity contribution in [3.63, 3.8) is 0 Å². The van der Waals surface area contributed by atoms with Crippen molar-refractivity contribution in [2.75, 3.05) is 6.54 Å². The second-order valence-electron chi connectivity index (χ2n) is 4.65. The third-order valence-electron chi connectivity index (χ3n) is 3.21. The second-order valence-corrected chi connectivity index (χ2v) is 4.65. The Morgan fingerprint density at radius 2 is 2.00 bits per heavy atom. The summed E-state index contributed by atoms with van der Waals surface area (Å²) in [6, 6.07) is 15.5. The van der Waals surface area contributed by atoms with Gasteiger partial charge >= 0.3 is 0 Å². The predicted molar refractivity (Wildman–Crippen MR) is 72.6 cm³/mol. The molecule has 0 aromatic heterocycles. The molecule has 1 aliphatic rings. The van der Waals surface area contributed by atoms with Crippen LogP contribution in [0.5, 0.6) is 0 Å². The predicted octanol–water partition coefficient (Wildman–Crippen LogP) is 2.77. The van der Waals surface area contributed by atoms with Gasteiger partial charge in [-0.3, -0.25) is 4.99 Å². The van der Waals surface area contributed by atoms with Crippen LogP contribution >= 0.6 is 0 Å². The van der Waals surface area contributed by atoms with Gasteiger partial charge in [0.15, 0.2) is 0 Å². The van der Waals surface area contributed by atoms with E-state index in [4.69, 9.17) is 0 Å². The van der Waals surface area contributed by atoms with Gasteiger partial charge in [-0.25, -0.2) is 0 Å². The van der Waals surface area contributed by atoms with Crippen LogP contribution in [-0.2, 0) is 6.42 Å². The van der Waals surface area contributed by atoms with Crippen LogP contribution in [0, 0.1) is 0 Å². The Kier molecular flexibility index (Phi) is 2.56. The normalized spacial score (nSPS) is 19.1. The fourth-order valence-electron chi connectivity index (χ4n) is 2.36. The van der Waals surface area contributed by atoms with E-state index in [1.165, 1.54) is 16.3 Å². The van der Waals surface area contributed by atoms with Crippen LogP contribution in [0.15, 0.2) is 47.5 Å². The lowest BCUT2D eigenvalue weighted by atomic mass is 10.0. The molecule has 2 heteroatoms. The lowest BCUT2D eigenvalue weighted by Crippen LogP contribution is -2.28. The number of hydrogen-bond acceptors (Lipinski definition) is 2. The molecule has 0 aliphatic carbocycles. The standard InChI is InChI=1S/C15H16N2/c1-11-10-16-15(17-11)9-13-7-4-6-12-5-2-3-8-14(12)13/h2-8,11H,9-10H2,1H3,(H,16,17)/t11-/m1/s1. The Labute approximate surface area is 101 Å². The van der Waals surface area contributed by atoms with Gasteiger partial charge in [0.2, 0.25) is 0 Å². The monoisotopic (exact) mass is 224 g/mol. The van der Waals surface area contributed by atoms with E-state index in [2.05, 4.69) is 59.7 Å². The van der Waals surface area contributed by atoms with Gasteiger partial charge in [-0.1, -0.05) is 42.5 Å². The summed E-state index contributed by atoms with van der Waals surface area (Å²) in [7, 11) is 0. The van der Waals surface area contributed by atoms with E-state index in [-0.39, 0.29) is 0 Å². The van der Waals surface area contributed by atoms with E-state index < -0.39 is 0 Å². The Morgan fingerprint density at radius 3 is 2.82 bits per heavy atom. The topological polar surface area (TPSA) is 24.4 Å². The summed E-state index contributed by atoms with van der Waals surface area (Å²) >= 11 is 0. The number of aliphatic imine (C=N–C) groups is 1. The maximum absolute atomic E-state index is 4.52. The lowest BCUT2D eigenvalue weighted by molar-refractivity contribution is 0.723. The van der Waals surface area contributed by atoms with Gasteiger partial charge in [0, 0.05) is 12.5 Å². The molecular formula is C15H16N2. The molecule has 2 aromatic carbocycles. The summed E-state index contributed by atoms with van der Waals surface area (Å²) in [5, 5.41) is 6.05. The minimum Gasteiger partial charge on any atom is -0.369 e. The van der Waals surface area contributed by atoms with Crippen molar-refractivity contribution in [1.29, 1.82) is 0 Å². The van der Waals surface area contributed by atoms with Crippen LogP contribution in [0.1, 0.15) is 12.5 Å². The van der Waals surface area contributed by atoms with Gasteiger partial charge in [-0.05, 0) is 23.3 Å². The molecule has 17 heavy (non-hydrogen) atoms. The first-order valence-corrected chi connectivity index (χ1v) is 6.09. The van der Waals surface area contributed by atoms with Crippen LogP contribution in [-0.4, -0.2) is 18.4 Å². The summed E-state index contributed by atoms with van der Waals surface area (Å²) in [6.07, 6.45) is 0.908. The van der Waals surface area contributed by atoms with Crippen molar-refractivity contribution < 1.29 is 0 Å². The maximum Gasteiger partial charge on any atom is 0.101 e. The Morgan fingerprint density at radius 1 is 1.18 bits per heavy atom. The smallest absolute Gasteiger partial charge is 0.101 e. The van der Waals surface area contributed by atoms with Gasteiger partial charge in [-0.2, -0.15) is 0 Å². The molecule has 1 heterocycles. The van der Waals surface area contributed by atoms with Crippen LogP contribution in [0.3, 0.4) is 0 Å². The highest BCUT2D eigenvalue weighted by atomic mass is 15.1. The SMILES string of the molecule is C[C@@H]1CN=C(Cc2cccc3ccccc23)N1. The Bertz CT molecular complexity index is 567. The molecule has 3 rings (SSSR count). The van der Waals surface area contributed by atoms with Crippen molar-refractivity contribution in [3.8, 4) is 0 Å². The number of nitrogens with one attached hydrogen (secondary N) is 1. The van der Waals surface area contributed by atoms with Crippen molar-refractivity contribution in [2.45, 2.75) is 19.4 Å². The summed E-state index contributed by atoms with van der Waals surface area (Å²) in [5.74, 6) is 1.12. The summed E-state index contributed by atoms with van der Waals surface area (Å²) in [6.45, 7) is 3.07. The molecule has 0 saturated carbocycles. The number of benzene rings is 2. The minimum atomic E-state index is 0.486. The van der Waals surface area contributed by atoms with Crippen molar-refractivity contribution in [3.05, 3.63) is 48.0 Å². The number of amidine groups is 1. The van der Waals surface area contributed by atoms with E-state index in [0.29, 0.717) is 6.04 Å². The molecule has 0 radical (unpaired) electrons. The lowest BCUT2D eigenvalue weighted by Gasteiger charge is -2.08. The van der Waals surface area contributed by atoms with Crippen molar-refractivity contribution in [2.24, 2.45) is 4.99 Å². The van der Waals surface area contributed by atoms with Gasteiger partial charge < -0.3 is 5.32 Å². The largest absolute Gasteiger partial charge is 0.369 e. The highest BCUT2D eigenvalue weighted by Crippen LogP contribution is 2.19. The molecule has 0 saturated heterocycles. The zero-order chi connectivity index (χ0) is 11.7. The van der Waals surface area contributed by atoms with E-state index in [9.17, 15) is 0 Å². The Balaban J connectivity index is 1.95. The zero-order valence-electron chi connectivity index (χ0n) is 9.98. The first kappa shape index (κ1) is 10.3. The molecule has 1 atom stereocenters. The quantitative estimate of drug-likeness (QED) is 0.833. The van der Waals surface area contributed by atoms with Gasteiger partial charge in [0.25, 0.3) is 0 Å². The molecule has 0 spiro atoms. The molecule has 1 N–H and O–H groups in total. The van der Waals surface area contributed by atoms with Crippen LogP contribution in [0.2, 0.25) is 0 Å². The van der Waals surface area contributed by atoms with E-state index in [1.807, 2.05) is 0 Å². The first-order valence-electron chi connectivity index (χ1n) is 6.09. The fraction of sp³-hybridized carbons (Fsp3) is 0.267. The Hall–Kier alpha value is -1.83. The number of fused-ring (bicyclic) bond motifs is 1. The third-order valence-corrected chi connectivity index (χ3v) is 3.21. The van der Waals surface area contributed by atoms with Crippen LogP contribution in [0.4, 0.5) is 0 Å². The first-order chi connectivity index (χ1) is 8.33. The number of rotatable bonds is 2. The average molecular weight is 224 g/mol. The minimum absolute atomic E-state index is 0.486. The zero-order valence-corrected chi connectivity index (χ0v) is 9.98. The number of nitrogens with zero attached hydrogens (tertiary/aromatic N) is 1. The van der Waals surface area contributed by atoms with E-state index in [1.54, 1.807) is 0 Å². The number of hydrogen-bond donors (Lipinski definition) is 1. The molecule has 2 aromatic rings. The van der Waals surface area contributed by atoms with Crippen LogP contribution in [0.25, 0.3) is 10.8 Å². The van der Waals surface area contributed by atoms with E-state index >= 15 is 0 Å². The summed E-state index contributed by atoms with van der Waals surface area (Å²) in [5.41, 5.74) is 1.35. The van der Waals surface area contributed by atoms with Crippen LogP contribution < -0.4 is 5.32 Å². The third kappa shape index (κ3) is 2.03. The molecule has 0 fully saturated rings. The van der Waals surface area contributed by atoms with Gasteiger partial charge in [0.1, 0.15) is 5.84 Å². The highest BCUT2D eigenvalue weighted by Gasteiger charge is 2.13. The van der Waals surface area contributed by atoms with Gasteiger partial charge in [0.05, 0.1) is 6.54 Å². The molecule has 0 amide bonds. The van der Waals surface area contributed by atoms with Crippen molar-refractivity contribution in [1.82, 2.24) is 5.32 Å². The fourth-order valence-corrected chi connectivity index (χ4v) is 2.36. The molecule has 0 unspecified atom stereocenters. The van der Waals surface area contributed by atoms with E-state index in [0.717, 1.165) is 18.8 Å².